The number of carbonyl (C=O) groups excluding carboxylic acids is 1. The lowest BCUT2D eigenvalue weighted by Gasteiger charge is -2.07. The van der Waals surface area contributed by atoms with E-state index >= 15 is 0 Å². The normalized spacial score (nSPS) is 11.3. The lowest BCUT2D eigenvalue weighted by atomic mass is 10.2. The second kappa shape index (κ2) is 8.88. The summed E-state index contributed by atoms with van der Waals surface area (Å²) in [6.45, 7) is 9.35. The van der Waals surface area contributed by atoms with Gasteiger partial charge in [0.1, 0.15) is 12.7 Å². The van der Waals surface area contributed by atoms with Crippen LogP contribution in [0.15, 0.2) is 30.6 Å². The van der Waals surface area contributed by atoms with Crippen LogP contribution in [-0.2, 0) is 9.47 Å². The van der Waals surface area contributed by atoms with Crippen LogP contribution < -0.4 is 0 Å². The summed E-state index contributed by atoms with van der Waals surface area (Å²) in [7, 11) is 0. The Bertz CT molecular complexity index is 1040. The Labute approximate surface area is 169 Å². The zero-order valence-corrected chi connectivity index (χ0v) is 17.1. The van der Waals surface area contributed by atoms with E-state index in [0.29, 0.717) is 30.4 Å². The molecule has 3 rings (SSSR count). The van der Waals surface area contributed by atoms with Crippen molar-refractivity contribution in [2.24, 2.45) is 5.92 Å². The molecule has 1 aromatic carbocycles. The highest BCUT2D eigenvalue weighted by Gasteiger charge is 2.15. The monoisotopic (exact) mass is 395 g/mol. The minimum Gasteiger partial charge on any atom is -0.460 e. The molecule has 0 spiro atoms. The first-order valence-electron chi connectivity index (χ1n) is 9.63. The molecule has 8 heteroatoms. The molecule has 0 N–H and O–H groups in total. The number of esters is 1. The van der Waals surface area contributed by atoms with Crippen LogP contribution in [0.25, 0.3) is 16.6 Å². The molecule has 29 heavy (non-hydrogen) atoms. The molecule has 0 fully saturated rings. The smallest absolute Gasteiger partial charge is 0.341 e. The van der Waals surface area contributed by atoms with Gasteiger partial charge >= 0.3 is 5.97 Å². The number of hydrogen-bond acceptors (Lipinski definition) is 6. The predicted octanol–water partition coefficient (Wildman–Crippen LogP) is 3.50. The van der Waals surface area contributed by atoms with E-state index in [1.165, 1.54) is 6.20 Å². The molecule has 0 unspecified atom stereocenters. The van der Waals surface area contributed by atoms with Crippen LogP contribution in [0.4, 0.5) is 0 Å². The summed E-state index contributed by atoms with van der Waals surface area (Å²) in [5.41, 5.74) is 2.33. The summed E-state index contributed by atoms with van der Waals surface area (Å²) < 4.78 is 14.0. The van der Waals surface area contributed by atoms with Crippen molar-refractivity contribution < 1.29 is 14.3 Å². The molecule has 2 aromatic heterocycles. The molecule has 0 aliphatic rings. The van der Waals surface area contributed by atoms with Crippen molar-refractivity contribution in [3.05, 3.63) is 41.9 Å². The number of fused-ring (bicyclic) bond motifs is 1. The van der Waals surface area contributed by atoms with Gasteiger partial charge < -0.3 is 9.47 Å². The van der Waals surface area contributed by atoms with Crippen molar-refractivity contribution in [3.8, 4) is 11.8 Å². The van der Waals surface area contributed by atoms with Gasteiger partial charge in [-0.25, -0.2) is 9.48 Å². The number of nitriles is 1. The van der Waals surface area contributed by atoms with Gasteiger partial charge in [0.15, 0.2) is 5.69 Å². The second-order valence-corrected chi connectivity index (χ2v) is 7.48. The molecule has 0 aliphatic heterocycles. The predicted molar refractivity (Wildman–Crippen MR) is 108 cm³/mol. The second-order valence-electron chi connectivity index (χ2n) is 7.48. The fourth-order valence-corrected chi connectivity index (χ4v) is 2.91. The average molecular weight is 395 g/mol. The van der Waals surface area contributed by atoms with Crippen molar-refractivity contribution in [1.29, 1.82) is 5.26 Å². The van der Waals surface area contributed by atoms with Gasteiger partial charge in [-0.05, 0) is 38.0 Å². The molecule has 3 aromatic rings. The molecule has 152 valence electrons. The van der Waals surface area contributed by atoms with Gasteiger partial charge in [0.25, 0.3) is 0 Å². The molecule has 0 atom stereocenters. The van der Waals surface area contributed by atoms with E-state index in [-0.39, 0.29) is 12.6 Å². The van der Waals surface area contributed by atoms with Crippen LogP contribution >= 0.6 is 0 Å². The third-order valence-corrected chi connectivity index (χ3v) is 4.28. The van der Waals surface area contributed by atoms with Crippen LogP contribution in [0.1, 0.15) is 49.8 Å². The van der Waals surface area contributed by atoms with Crippen molar-refractivity contribution >= 4 is 16.9 Å². The molecule has 0 amide bonds. The van der Waals surface area contributed by atoms with E-state index < -0.39 is 5.97 Å². The summed E-state index contributed by atoms with van der Waals surface area (Å²) in [4.78, 5) is 12.2. The third-order valence-electron chi connectivity index (χ3n) is 4.28. The van der Waals surface area contributed by atoms with E-state index in [2.05, 4.69) is 30.1 Å². The number of hydrogen-bond donors (Lipinski definition) is 0. The van der Waals surface area contributed by atoms with E-state index in [4.69, 9.17) is 9.47 Å². The van der Waals surface area contributed by atoms with E-state index in [0.717, 1.165) is 16.6 Å². The van der Waals surface area contributed by atoms with Crippen LogP contribution in [-0.4, -0.2) is 45.4 Å². The highest BCUT2D eigenvalue weighted by molar-refractivity contribution is 5.89. The largest absolute Gasteiger partial charge is 0.460 e. The van der Waals surface area contributed by atoms with Crippen LogP contribution in [0, 0.1) is 17.2 Å². The maximum Gasteiger partial charge on any atom is 0.341 e. The number of nitrogens with zero attached hydrogens (tertiary/aromatic N) is 5. The first-order chi connectivity index (χ1) is 13.9. The van der Waals surface area contributed by atoms with Gasteiger partial charge in [-0.3, -0.25) is 4.68 Å². The Balaban J connectivity index is 1.74. The lowest BCUT2D eigenvalue weighted by Crippen LogP contribution is -2.12. The number of rotatable bonds is 8. The summed E-state index contributed by atoms with van der Waals surface area (Å²) in [6.07, 6.45) is 3.07. The van der Waals surface area contributed by atoms with Gasteiger partial charge in [-0.15, -0.1) is 0 Å². The van der Waals surface area contributed by atoms with Gasteiger partial charge in [0, 0.05) is 24.2 Å². The molecule has 0 aliphatic carbocycles. The number of carbonyl (C=O) groups is 1. The summed E-state index contributed by atoms with van der Waals surface area (Å²) in [5.74, 6) is -0.00807. The molecule has 0 bridgehead atoms. The molecule has 0 saturated heterocycles. The molecule has 0 radical (unpaired) electrons. The third kappa shape index (κ3) is 4.63. The van der Waals surface area contributed by atoms with E-state index in [9.17, 15) is 10.1 Å². The fourth-order valence-electron chi connectivity index (χ4n) is 2.91. The van der Waals surface area contributed by atoms with Gasteiger partial charge in [-0.2, -0.15) is 15.5 Å². The number of aromatic nitrogens is 4. The first kappa shape index (κ1) is 20.6. The van der Waals surface area contributed by atoms with Crippen molar-refractivity contribution in [2.75, 3.05) is 19.8 Å². The lowest BCUT2D eigenvalue weighted by molar-refractivity contribution is 0.0277. The summed E-state index contributed by atoms with van der Waals surface area (Å²) in [6, 6.07) is 7.92. The average Bonchev–Trinajstić information content (AvgIpc) is 3.32. The zero-order valence-electron chi connectivity index (χ0n) is 17.1. The molecule has 2 heterocycles. The standard InChI is InChI=1S/C21H25N5O3/c1-14(2)13-28-7-8-29-21(27)16-11-23-25(12-16)17-5-6-20-18(9-17)19(10-22)24-26(20)15(3)4/h5-6,9,11-12,14-15H,7-8,13H2,1-4H3. The highest BCUT2D eigenvalue weighted by Crippen LogP contribution is 2.24. The topological polar surface area (TPSA) is 95.0 Å². The molecular weight excluding hydrogens is 370 g/mol. The van der Waals surface area contributed by atoms with Gasteiger partial charge in [-0.1, -0.05) is 13.8 Å². The van der Waals surface area contributed by atoms with Gasteiger partial charge in [0.2, 0.25) is 0 Å². The van der Waals surface area contributed by atoms with Crippen LogP contribution in [0.5, 0.6) is 0 Å². The highest BCUT2D eigenvalue weighted by atomic mass is 16.6. The van der Waals surface area contributed by atoms with Crippen molar-refractivity contribution in [3.63, 3.8) is 0 Å². The number of ether oxygens (including phenoxy) is 2. The fraction of sp³-hybridized carbons (Fsp3) is 0.429. The van der Waals surface area contributed by atoms with Crippen LogP contribution in [0.3, 0.4) is 0 Å². The summed E-state index contributed by atoms with van der Waals surface area (Å²) >= 11 is 0. The Hall–Kier alpha value is -3.18. The molecular formula is C21H25N5O3. The Morgan fingerprint density at radius 1 is 1.24 bits per heavy atom. The minimum atomic E-state index is -0.448. The van der Waals surface area contributed by atoms with Crippen molar-refractivity contribution in [1.82, 2.24) is 19.6 Å². The minimum absolute atomic E-state index is 0.140. The first-order valence-corrected chi connectivity index (χ1v) is 9.63. The van der Waals surface area contributed by atoms with Gasteiger partial charge in [0.05, 0.1) is 29.6 Å². The van der Waals surface area contributed by atoms with E-state index in [1.807, 2.05) is 36.7 Å². The van der Waals surface area contributed by atoms with Crippen molar-refractivity contribution in [2.45, 2.75) is 33.7 Å². The molecule has 0 saturated carbocycles. The molecule has 8 nitrogen and oxygen atoms in total. The Morgan fingerprint density at radius 3 is 2.72 bits per heavy atom. The van der Waals surface area contributed by atoms with Crippen LogP contribution in [0.2, 0.25) is 0 Å². The van der Waals surface area contributed by atoms with E-state index in [1.54, 1.807) is 10.9 Å². The maximum atomic E-state index is 12.2. The number of benzene rings is 1. The quantitative estimate of drug-likeness (QED) is 0.428. The Morgan fingerprint density at radius 2 is 2.03 bits per heavy atom. The Kier molecular flexibility index (Phi) is 6.29. The summed E-state index contributed by atoms with van der Waals surface area (Å²) in [5, 5.41) is 18.8. The zero-order chi connectivity index (χ0) is 21.0. The SMILES string of the molecule is CC(C)COCCOC(=O)c1cnn(-c2ccc3c(c2)c(C#N)nn3C(C)C)c1. The maximum absolute atomic E-state index is 12.2.